The number of fused-ring (bicyclic) bond motifs is 1. The zero-order chi connectivity index (χ0) is 21.6. The predicted molar refractivity (Wildman–Crippen MR) is 111 cm³/mol. The summed E-state index contributed by atoms with van der Waals surface area (Å²) in [5.41, 5.74) is 2.37. The highest BCUT2D eigenvalue weighted by molar-refractivity contribution is 7.90. The van der Waals surface area contributed by atoms with Gasteiger partial charge in [-0.05, 0) is 31.2 Å². The number of amidine groups is 1. The van der Waals surface area contributed by atoms with Crippen LogP contribution in [0.15, 0.2) is 73.9 Å². The van der Waals surface area contributed by atoms with Crippen molar-refractivity contribution in [2.45, 2.75) is 18.4 Å². The lowest BCUT2D eigenvalue weighted by molar-refractivity contribution is 0.381. The van der Waals surface area contributed by atoms with E-state index in [4.69, 9.17) is 4.52 Å². The fourth-order valence-corrected chi connectivity index (χ4v) is 4.65. The number of imidazole rings is 1. The summed E-state index contributed by atoms with van der Waals surface area (Å²) in [6.07, 6.45) is 1.63. The Labute approximate surface area is 176 Å². The molecule has 2 aromatic heterocycles. The molecule has 5 rings (SSSR count). The molecular weight excluding hydrogens is 420 g/mol. The van der Waals surface area contributed by atoms with Crippen LogP contribution in [0.25, 0.3) is 17.1 Å². The average molecular weight is 436 g/mol. The van der Waals surface area contributed by atoms with E-state index in [0.717, 1.165) is 5.69 Å². The summed E-state index contributed by atoms with van der Waals surface area (Å²) < 4.78 is 33.6. The van der Waals surface area contributed by atoms with Gasteiger partial charge in [0.25, 0.3) is 10.0 Å². The molecule has 0 bridgehead atoms. The van der Waals surface area contributed by atoms with Crippen molar-refractivity contribution < 1.29 is 12.9 Å². The van der Waals surface area contributed by atoms with Gasteiger partial charge in [0.05, 0.1) is 10.6 Å². The molecular formula is C20H16N6O4S. The first kappa shape index (κ1) is 19.0. The van der Waals surface area contributed by atoms with Crippen LogP contribution >= 0.6 is 0 Å². The largest absolute Gasteiger partial charge is 0.337 e. The predicted octanol–water partition coefficient (Wildman–Crippen LogP) is 1.76. The van der Waals surface area contributed by atoms with Crippen molar-refractivity contribution >= 4 is 15.9 Å². The van der Waals surface area contributed by atoms with Crippen LogP contribution < -0.4 is 10.4 Å². The third kappa shape index (κ3) is 3.34. The normalized spacial score (nSPS) is 15.7. The molecule has 2 N–H and O–H groups in total. The Kier molecular flexibility index (Phi) is 4.33. The number of benzene rings is 2. The summed E-state index contributed by atoms with van der Waals surface area (Å²) >= 11 is 0. The van der Waals surface area contributed by atoms with E-state index in [1.54, 1.807) is 47.2 Å². The maximum Gasteiger partial charge on any atom is 0.330 e. The lowest BCUT2D eigenvalue weighted by Crippen LogP contribution is -2.22. The topological polar surface area (TPSA) is 135 Å². The van der Waals surface area contributed by atoms with E-state index in [1.807, 2.05) is 13.0 Å². The second-order valence-corrected chi connectivity index (χ2v) is 8.55. The number of hydrogen-bond acceptors (Lipinski definition) is 7. The maximum absolute atomic E-state index is 12.2. The van der Waals surface area contributed by atoms with Gasteiger partial charge in [-0.25, -0.2) is 13.2 Å². The number of aromatic nitrogens is 4. The van der Waals surface area contributed by atoms with E-state index in [1.165, 1.54) is 6.07 Å². The Morgan fingerprint density at radius 2 is 2.00 bits per heavy atom. The lowest BCUT2D eigenvalue weighted by Gasteiger charge is -2.05. The Morgan fingerprint density at radius 1 is 1.16 bits per heavy atom. The standard InChI is InChI=1S/C20H16N6O4S/c1-12-10-22-20(27)26(12)14-6-4-5-13(9-14)18-23-17(30-24-18)11-21-19-15-7-2-3-8-16(15)31(28,29)25-19/h2-10H,11H2,1H3,(H,21,25)(H,22,27). The first-order valence-corrected chi connectivity index (χ1v) is 10.8. The minimum absolute atomic E-state index is 0.00918. The number of aromatic amines is 1. The molecule has 0 spiro atoms. The maximum atomic E-state index is 12.2. The van der Waals surface area contributed by atoms with Crippen LogP contribution in [0.3, 0.4) is 0 Å². The third-order valence-electron chi connectivity index (χ3n) is 4.83. The van der Waals surface area contributed by atoms with Gasteiger partial charge in [-0.1, -0.05) is 29.4 Å². The molecule has 0 unspecified atom stereocenters. The average Bonchev–Trinajstić information content (AvgIpc) is 3.44. The molecule has 156 valence electrons. The van der Waals surface area contributed by atoms with Crippen molar-refractivity contribution in [1.82, 2.24) is 24.4 Å². The van der Waals surface area contributed by atoms with Crippen molar-refractivity contribution in [2.75, 3.05) is 0 Å². The summed E-state index contributed by atoms with van der Waals surface area (Å²) in [4.78, 5) is 23.5. The smallest absolute Gasteiger partial charge is 0.330 e. The molecule has 0 saturated carbocycles. The molecule has 0 radical (unpaired) electrons. The molecule has 0 aliphatic carbocycles. The van der Waals surface area contributed by atoms with Gasteiger partial charge >= 0.3 is 5.69 Å². The van der Waals surface area contributed by atoms with Gasteiger partial charge in [0, 0.05) is 23.0 Å². The minimum atomic E-state index is -3.61. The number of aliphatic imine (C=N–C) groups is 1. The molecule has 4 aromatic rings. The first-order valence-electron chi connectivity index (χ1n) is 9.29. The highest BCUT2D eigenvalue weighted by Gasteiger charge is 2.30. The van der Waals surface area contributed by atoms with Gasteiger partial charge in [0.15, 0.2) is 0 Å². The molecule has 10 nitrogen and oxygen atoms in total. The zero-order valence-electron chi connectivity index (χ0n) is 16.2. The van der Waals surface area contributed by atoms with Gasteiger partial charge in [0.2, 0.25) is 11.7 Å². The number of sulfonamides is 1. The van der Waals surface area contributed by atoms with Gasteiger partial charge in [-0.15, -0.1) is 0 Å². The molecule has 3 heterocycles. The number of aryl methyl sites for hydroxylation is 1. The van der Waals surface area contributed by atoms with Crippen molar-refractivity contribution in [2.24, 2.45) is 4.99 Å². The fourth-order valence-electron chi connectivity index (χ4n) is 3.39. The van der Waals surface area contributed by atoms with Crippen molar-refractivity contribution in [3.05, 3.63) is 82.4 Å². The lowest BCUT2D eigenvalue weighted by atomic mass is 10.2. The molecule has 2 aromatic carbocycles. The molecule has 1 aliphatic rings. The van der Waals surface area contributed by atoms with Gasteiger partial charge in [-0.3, -0.25) is 14.3 Å². The van der Waals surface area contributed by atoms with Crippen molar-refractivity contribution in [3.8, 4) is 17.1 Å². The van der Waals surface area contributed by atoms with Crippen LogP contribution in [0.1, 0.15) is 17.1 Å². The summed E-state index contributed by atoms with van der Waals surface area (Å²) in [7, 11) is -3.61. The number of H-pyrrole nitrogens is 1. The van der Waals surface area contributed by atoms with Crippen LogP contribution in [-0.4, -0.2) is 33.9 Å². The van der Waals surface area contributed by atoms with E-state index in [2.05, 4.69) is 24.8 Å². The number of hydrogen-bond donors (Lipinski definition) is 2. The highest BCUT2D eigenvalue weighted by atomic mass is 32.2. The Morgan fingerprint density at radius 3 is 2.81 bits per heavy atom. The first-order chi connectivity index (χ1) is 14.9. The summed E-state index contributed by atoms with van der Waals surface area (Å²) in [5, 5.41) is 3.98. The molecule has 0 fully saturated rings. The van der Waals surface area contributed by atoms with E-state index < -0.39 is 10.0 Å². The molecule has 0 atom stereocenters. The number of rotatable bonds is 4. The van der Waals surface area contributed by atoms with Crippen LogP contribution in [-0.2, 0) is 16.6 Å². The molecule has 31 heavy (non-hydrogen) atoms. The summed E-state index contributed by atoms with van der Waals surface area (Å²) in [6.45, 7) is 1.83. The second-order valence-electron chi connectivity index (χ2n) is 6.90. The van der Waals surface area contributed by atoms with Crippen LogP contribution in [0.2, 0.25) is 0 Å². The van der Waals surface area contributed by atoms with Crippen LogP contribution in [0.4, 0.5) is 0 Å². The molecule has 1 aliphatic heterocycles. The zero-order valence-corrected chi connectivity index (χ0v) is 17.0. The fraction of sp³-hybridized carbons (Fsp3) is 0.100. The Bertz CT molecular complexity index is 1500. The van der Waals surface area contributed by atoms with Gasteiger partial charge in [-0.2, -0.15) is 4.98 Å². The van der Waals surface area contributed by atoms with E-state index in [9.17, 15) is 13.2 Å². The Balaban J connectivity index is 1.42. The third-order valence-corrected chi connectivity index (χ3v) is 6.22. The molecule has 0 saturated heterocycles. The second kappa shape index (κ2) is 7.06. The summed E-state index contributed by atoms with van der Waals surface area (Å²) in [5.74, 6) is 0.803. The van der Waals surface area contributed by atoms with Crippen molar-refractivity contribution in [1.29, 1.82) is 0 Å². The Hall–Kier alpha value is -3.99. The highest BCUT2D eigenvalue weighted by Crippen LogP contribution is 2.23. The summed E-state index contributed by atoms with van der Waals surface area (Å²) in [6, 6.07) is 13.8. The van der Waals surface area contributed by atoms with Crippen molar-refractivity contribution in [3.63, 3.8) is 0 Å². The SMILES string of the molecule is Cc1c[nH]c(=O)n1-c1cccc(-c2noc(CN=C3NS(=O)(=O)c4ccccc43)n2)c1. The van der Waals surface area contributed by atoms with E-state index in [-0.39, 0.29) is 28.9 Å². The quantitative estimate of drug-likeness (QED) is 0.500. The minimum Gasteiger partial charge on any atom is -0.337 e. The molecule has 0 amide bonds. The number of nitrogens with one attached hydrogen (secondary N) is 2. The number of nitrogens with zero attached hydrogens (tertiary/aromatic N) is 4. The van der Waals surface area contributed by atoms with Crippen LogP contribution in [0, 0.1) is 6.92 Å². The van der Waals surface area contributed by atoms with E-state index >= 15 is 0 Å². The van der Waals surface area contributed by atoms with E-state index in [0.29, 0.717) is 22.6 Å². The van der Waals surface area contributed by atoms with Gasteiger partial charge < -0.3 is 9.51 Å². The van der Waals surface area contributed by atoms with Crippen LogP contribution in [0.5, 0.6) is 0 Å². The monoisotopic (exact) mass is 436 g/mol. The molecule has 11 heteroatoms. The van der Waals surface area contributed by atoms with Gasteiger partial charge in [0.1, 0.15) is 12.4 Å².